The van der Waals surface area contributed by atoms with Crippen molar-refractivity contribution in [3.05, 3.63) is 83.4 Å². The minimum atomic E-state index is -0.952. The van der Waals surface area contributed by atoms with Crippen molar-refractivity contribution in [2.24, 2.45) is 0 Å². The van der Waals surface area contributed by atoms with Crippen molar-refractivity contribution in [1.82, 2.24) is 0 Å². The standard InChI is InChI=1S/C18H16O2/c1-14(18(19)20)13-17-10-6-5-9-16(17)12-11-15-7-3-2-4-8-15/h2-12H,1,13H2,(H,19,20). The Balaban J connectivity index is 2.22. The molecule has 0 bridgehead atoms. The highest BCUT2D eigenvalue weighted by Crippen LogP contribution is 2.16. The third kappa shape index (κ3) is 3.69. The second-order valence-electron chi connectivity index (χ2n) is 4.53. The monoisotopic (exact) mass is 264 g/mol. The molecule has 1 N–H and O–H groups in total. The average molecular weight is 264 g/mol. The molecule has 100 valence electrons. The first kappa shape index (κ1) is 13.8. The van der Waals surface area contributed by atoms with Gasteiger partial charge in [0.15, 0.2) is 0 Å². The van der Waals surface area contributed by atoms with Gasteiger partial charge in [-0.25, -0.2) is 4.79 Å². The second-order valence-corrected chi connectivity index (χ2v) is 4.53. The summed E-state index contributed by atoms with van der Waals surface area (Å²) in [5.74, 6) is -0.952. The lowest BCUT2D eigenvalue weighted by molar-refractivity contribution is -0.132. The zero-order valence-corrected chi connectivity index (χ0v) is 11.1. The summed E-state index contributed by atoms with van der Waals surface area (Å²) in [5, 5.41) is 8.92. The number of carboxylic acids is 1. The maximum Gasteiger partial charge on any atom is 0.331 e. The molecule has 0 saturated carbocycles. The lowest BCUT2D eigenvalue weighted by atomic mass is 10.00. The number of benzene rings is 2. The molecule has 0 aliphatic heterocycles. The normalized spacial score (nSPS) is 10.6. The van der Waals surface area contributed by atoms with Gasteiger partial charge in [0.25, 0.3) is 0 Å². The van der Waals surface area contributed by atoms with Crippen LogP contribution in [0.3, 0.4) is 0 Å². The largest absolute Gasteiger partial charge is 0.478 e. The van der Waals surface area contributed by atoms with Crippen molar-refractivity contribution < 1.29 is 9.90 Å². The summed E-state index contributed by atoms with van der Waals surface area (Å²) in [5.41, 5.74) is 3.29. The fourth-order valence-corrected chi connectivity index (χ4v) is 1.91. The summed E-state index contributed by atoms with van der Waals surface area (Å²) in [6, 6.07) is 17.7. The molecule has 0 aliphatic carbocycles. The van der Waals surface area contributed by atoms with Gasteiger partial charge >= 0.3 is 5.97 Å². The second kappa shape index (κ2) is 6.53. The molecule has 2 aromatic rings. The first-order valence-electron chi connectivity index (χ1n) is 6.39. The van der Waals surface area contributed by atoms with Crippen LogP contribution in [0, 0.1) is 0 Å². The number of rotatable bonds is 5. The highest BCUT2D eigenvalue weighted by molar-refractivity contribution is 5.86. The lowest BCUT2D eigenvalue weighted by Crippen LogP contribution is -2.03. The molecule has 0 aliphatic rings. The van der Waals surface area contributed by atoms with Crippen LogP contribution in [-0.4, -0.2) is 11.1 Å². The number of carboxylic acid groups (broad SMARTS) is 1. The van der Waals surface area contributed by atoms with E-state index in [1.54, 1.807) is 0 Å². The Morgan fingerprint density at radius 1 is 1.00 bits per heavy atom. The van der Waals surface area contributed by atoms with Crippen LogP contribution in [0.1, 0.15) is 16.7 Å². The van der Waals surface area contributed by atoms with E-state index in [1.165, 1.54) is 0 Å². The number of hydrogen-bond donors (Lipinski definition) is 1. The number of aliphatic carboxylic acids is 1. The number of carbonyl (C=O) groups is 1. The Labute approximate surface area is 118 Å². The average Bonchev–Trinajstić information content (AvgIpc) is 2.47. The maximum absolute atomic E-state index is 10.9. The Morgan fingerprint density at radius 2 is 1.65 bits per heavy atom. The summed E-state index contributed by atoms with van der Waals surface area (Å²) in [7, 11) is 0. The van der Waals surface area contributed by atoms with Crippen LogP contribution in [0.5, 0.6) is 0 Å². The van der Waals surface area contributed by atoms with E-state index in [2.05, 4.69) is 6.58 Å². The van der Waals surface area contributed by atoms with E-state index in [1.807, 2.05) is 66.7 Å². The highest BCUT2D eigenvalue weighted by Gasteiger charge is 2.07. The van der Waals surface area contributed by atoms with Crippen LogP contribution in [0.25, 0.3) is 12.2 Å². The Hall–Kier alpha value is -2.61. The molecule has 0 radical (unpaired) electrons. The van der Waals surface area contributed by atoms with E-state index in [4.69, 9.17) is 5.11 Å². The van der Waals surface area contributed by atoms with Crippen molar-refractivity contribution in [2.75, 3.05) is 0 Å². The summed E-state index contributed by atoms with van der Waals surface area (Å²) < 4.78 is 0. The predicted octanol–water partition coefficient (Wildman–Crippen LogP) is 4.04. The molecule has 2 nitrogen and oxygen atoms in total. The molecule has 0 amide bonds. The first-order chi connectivity index (χ1) is 9.66. The third-order valence-corrected chi connectivity index (χ3v) is 3.02. The molecule has 0 heterocycles. The Morgan fingerprint density at radius 3 is 2.35 bits per heavy atom. The van der Waals surface area contributed by atoms with Crippen LogP contribution < -0.4 is 0 Å². The molecule has 0 atom stereocenters. The summed E-state index contributed by atoms with van der Waals surface area (Å²) in [6.07, 6.45) is 4.37. The van der Waals surface area contributed by atoms with Gasteiger partial charge in [-0.3, -0.25) is 0 Å². The lowest BCUT2D eigenvalue weighted by Gasteiger charge is -2.05. The SMILES string of the molecule is C=C(Cc1ccccc1C=Cc1ccccc1)C(=O)O. The van der Waals surface area contributed by atoms with Crippen molar-refractivity contribution in [1.29, 1.82) is 0 Å². The topological polar surface area (TPSA) is 37.3 Å². The zero-order valence-electron chi connectivity index (χ0n) is 11.1. The fourth-order valence-electron chi connectivity index (χ4n) is 1.91. The fraction of sp³-hybridized carbons (Fsp3) is 0.0556. The van der Waals surface area contributed by atoms with E-state index >= 15 is 0 Å². The van der Waals surface area contributed by atoms with Crippen LogP contribution in [-0.2, 0) is 11.2 Å². The van der Waals surface area contributed by atoms with Crippen LogP contribution in [0.2, 0.25) is 0 Å². The van der Waals surface area contributed by atoms with E-state index in [9.17, 15) is 4.79 Å². The van der Waals surface area contributed by atoms with Gasteiger partial charge < -0.3 is 5.11 Å². The van der Waals surface area contributed by atoms with E-state index in [0.717, 1.165) is 16.7 Å². The predicted molar refractivity (Wildman–Crippen MR) is 82.3 cm³/mol. The van der Waals surface area contributed by atoms with Gasteiger partial charge in [-0.2, -0.15) is 0 Å². The van der Waals surface area contributed by atoms with Crippen molar-refractivity contribution in [3.63, 3.8) is 0 Å². The maximum atomic E-state index is 10.9. The van der Waals surface area contributed by atoms with Gasteiger partial charge in [0.05, 0.1) is 0 Å². The van der Waals surface area contributed by atoms with Crippen LogP contribution in [0.15, 0.2) is 66.7 Å². The van der Waals surface area contributed by atoms with E-state index < -0.39 is 5.97 Å². The molecule has 0 saturated heterocycles. The van der Waals surface area contributed by atoms with Crippen LogP contribution in [0.4, 0.5) is 0 Å². The quantitative estimate of drug-likeness (QED) is 0.653. The molecule has 0 unspecified atom stereocenters. The molecular weight excluding hydrogens is 248 g/mol. The van der Waals surface area contributed by atoms with E-state index in [0.29, 0.717) is 6.42 Å². The molecular formula is C18H16O2. The minimum absolute atomic E-state index is 0.200. The highest BCUT2D eigenvalue weighted by atomic mass is 16.4. The van der Waals surface area contributed by atoms with Crippen molar-refractivity contribution in [3.8, 4) is 0 Å². The zero-order chi connectivity index (χ0) is 14.4. The molecule has 0 fully saturated rings. The Bertz CT molecular complexity index is 639. The Kier molecular flexibility index (Phi) is 4.51. The van der Waals surface area contributed by atoms with Crippen molar-refractivity contribution >= 4 is 18.1 Å². The molecule has 2 aromatic carbocycles. The van der Waals surface area contributed by atoms with Gasteiger partial charge in [0, 0.05) is 12.0 Å². The minimum Gasteiger partial charge on any atom is -0.478 e. The van der Waals surface area contributed by atoms with E-state index in [-0.39, 0.29) is 5.57 Å². The number of hydrogen-bond acceptors (Lipinski definition) is 1. The molecule has 0 aromatic heterocycles. The van der Waals surface area contributed by atoms with Crippen molar-refractivity contribution in [2.45, 2.75) is 6.42 Å². The third-order valence-electron chi connectivity index (χ3n) is 3.02. The molecule has 2 rings (SSSR count). The summed E-state index contributed by atoms with van der Waals surface area (Å²) in [6.45, 7) is 3.59. The smallest absolute Gasteiger partial charge is 0.331 e. The molecule has 20 heavy (non-hydrogen) atoms. The van der Waals surface area contributed by atoms with Crippen LogP contribution >= 0.6 is 0 Å². The summed E-state index contributed by atoms with van der Waals surface area (Å²) in [4.78, 5) is 10.9. The molecule has 0 spiro atoms. The van der Waals surface area contributed by atoms with Gasteiger partial charge in [0.1, 0.15) is 0 Å². The van der Waals surface area contributed by atoms with Gasteiger partial charge in [-0.05, 0) is 16.7 Å². The van der Waals surface area contributed by atoms with Gasteiger partial charge in [-0.1, -0.05) is 73.3 Å². The summed E-state index contributed by atoms with van der Waals surface area (Å²) >= 11 is 0. The molecule has 2 heteroatoms. The van der Waals surface area contributed by atoms with Gasteiger partial charge in [-0.15, -0.1) is 0 Å². The first-order valence-corrected chi connectivity index (χ1v) is 6.39. The van der Waals surface area contributed by atoms with Gasteiger partial charge in [0.2, 0.25) is 0 Å².